The van der Waals surface area contributed by atoms with Crippen molar-refractivity contribution in [2.24, 2.45) is 11.8 Å². The molecule has 2 unspecified atom stereocenters. The smallest absolute Gasteiger partial charge is 0.338 e. The first-order valence-electron chi connectivity index (χ1n) is 10.1. The minimum atomic E-state index is -0.975. The van der Waals surface area contributed by atoms with Crippen LogP contribution in [0.2, 0.25) is 0 Å². The Balaban J connectivity index is 1.69. The van der Waals surface area contributed by atoms with E-state index in [1.165, 1.54) is 12.1 Å². The van der Waals surface area contributed by atoms with Crippen molar-refractivity contribution in [3.63, 3.8) is 0 Å². The number of piperidine rings is 1. The standard InChI is InChI=1S/C22H23F2N3O5/c1-13-8-14(2)11-26(10-13)18-7-6-15(9-19(18)27(30)31)22(29)32-12-20(28)25-21-16(23)4-3-5-17(21)24/h3-7,9,13-14H,8,10-12H2,1-2H3,(H,25,28). The number of benzene rings is 2. The highest BCUT2D eigenvalue weighted by molar-refractivity contribution is 5.96. The predicted octanol–water partition coefficient (Wildman–Crippen LogP) is 4.15. The lowest BCUT2D eigenvalue weighted by atomic mass is 9.91. The highest BCUT2D eigenvalue weighted by Crippen LogP contribution is 2.34. The molecule has 1 amide bonds. The number of hydrogen-bond donors (Lipinski definition) is 1. The number of nitrogens with zero attached hydrogens (tertiary/aromatic N) is 2. The Morgan fingerprint density at radius 1 is 1.16 bits per heavy atom. The number of anilines is 2. The molecule has 0 spiro atoms. The lowest BCUT2D eigenvalue weighted by Crippen LogP contribution is -2.39. The van der Waals surface area contributed by atoms with Crippen LogP contribution in [-0.4, -0.2) is 36.5 Å². The summed E-state index contributed by atoms with van der Waals surface area (Å²) in [5.74, 6) is -3.12. The van der Waals surface area contributed by atoms with E-state index < -0.39 is 40.7 Å². The number of nitro groups is 1. The number of hydrogen-bond acceptors (Lipinski definition) is 6. The molecule has 2 atom stereocenters. The van der Waals surface area contributed by atoms with E-state index in [1.54, 1.807) is 0 Å². The SMILES string of the molecule is CC1CC(C)CN(c2ccc(C(=O)OCC(=O)Nc3c(F)cccc3F)cc2[N+](=O)[O-])C1. The Labute approximate surface area is 183 Å². The van der Waals surface area contributed by atoms with Gasteiger partial charge in [-0.15, -0.1) is 0 Å². The van der Waals surface area contributed by atoms with Crippen molar-refractivity contribution in [1.29, 1.82) is 0 Å². The average Bonchev–Trinajstić information content (AvgIpc) is 2.73. The molecule has 1 heterocycles. The summed E-state index contributed by atoms with van der Waals surface area (Å²) in [6, 6.07) is 7.07. The van der Waals surface area contributed by atoms with Gasteiger partial charge in [0.15, 0.2) is 6.61 Å². The monoisotopic (exact) mass is 447 g/mol. The Morgan fingerprint density at radius 3 is 2.38 bits per heavy atom. The second-order valence-electron chi connectivity index (χ2n) is 8.03. The van der Waals surface area contributed by atoms with E-state index >= 15 is 0 Å². The van der Waals surface area contributed by atoms with E-state index in [-0.39, 0.29) is 11.3 Å². The van der Waals surface area contributed by atoms with E-state index in [1.807, 2.05) is 10.2 Å². The van der Waals surface area contributed by atoms with E-state index in [9.17, 15) is 28.5 Å². The Hall–Kier alpha value is -3.56. The average molecular weight is 447 g/mol. The van der Waals surface area contributed by atoms with Crippen LogP contribution < -0.4 is 10.2 Å². The van der Waals surface area contributed by atoms with Gasteiger partial charge in [0.25, 0.3) is 11.6 Å². The highest BCUT2D eigenvalue weighted by Gasteiger charge is 2.28. The van der Waals surface area contributed by atoms with Crippen LogP contribution in [0.25, 0.3) is 0 Å². The van der Waals surface area contributed by atoms with E-state index in [4.69, 9.17) is 4.74 Å². The molecule has 0 saturated carbocycles. The highest BCUT2D eigenvalue weighted by atomic mass is 19.1. The van der Waals surface area contributed by atoms with Crippen molar-refractivity contribution in [2.45, 2.75) is 20.3 Å². The van der Waals surface area contributed by atoms with Crippen LogP contribution in [0.5, 0.6) is 0 Å². The molecule has 32 heavy (non-hydrogen) atoms. The second kappa shape index (κ2) is 9.71. The lowest BCUT2D eigenvalue weighted by Gasteiger charge is -2.36. The van der Waals surface area contributed by atoms with Gasteiger partial charge in [-0.25, -0.2) is 13.6 Å². The summed E-state index contributed by atoms with van der Waals surface area (Å²) in [5.41, 5.74) is -0.585. The van der Waals surface area contributed by atoms with Crippen molar-refractivity contribution >= 4 is 28.9 Å². The maximum atomic E-state index is 13.6. The van der Waals surface area contributed by atoms with E-state index in [0.717, 1.165) is 30.7 Å². The topological polar surface area (TPSA) is 102 Å². The molecule has 1 aliphatic heterocycles. The normalized spacial score (nSPS) is 18.2. The van der Waals surface area contributed by atoms with Crippen molar-refractivity contribution in [2.75, 3.05) is 29.9 Å². The van der Waals surface area contributed by atoms with Gasteiger partial charge in [-0.1, -0.05) is 19.9 Å². The number of carbonyl (C=O) groups is 2. The molecule has 2 aromatic carbocycles. The van der Waals surface area contributed by atoms with Gasteiger partial charge in [0.05, 0.1) is 10.5 Å². The fraction of sp³-hybridized carbons (Fsp3) is 0.364. The number of esters is 1. The number of para-hydroxylation sites is 1. The van der Waals surface area contributed by atoms with Crippen molar-refractivity contribution in [1.82, 2.24) is 0 Å². The summed E-state index contributed by atoms with van der Waals surface area (Å²) in [7, 11) is 0. The number of ether oxygens (including phenoxy) is 1. The molecule has 1 fully saturated rings. The third-order valence-electron chi connectivity index (χ3n) is 5.18. The Morgan fingerprint density at radius 2 is 1.78 bits per heavy atom. The maximum Gasteiger partial charge on any atom is 0.338 e. The van der Waals surface area contributed by atoms with Gasteiger partial charge >= 0.3 is 5.97 Å². The van der Waals surface area contributed by atoms with Crippen molar-refractivity contribution < 1.29 is 28.0 Å². The van der Waals surface area contributed by atoms with Gasteiger partial charge in [0.2, 0.25) is 0 Å². The summed E-state index contributed by atoms with van der Waals surface area (Å²) in [6.07, 6.45) is 1.04. The number of halogens is 2. The van der Waals surface area contributed by atoms with Crippen LogP contribution in [0, 0.1) is 33.6 Å². The second-order valence-corrected chi connectivity index (χ2v) is 8.03. The van der Waals surface area contributed by atoms with Crippen molar-refractivity contribution in [3.8, 4) is 0 Å². The first-order valence-corrected chi connectivity index (χ1v) is 10.1. The number of amides is 1. The zero-order valence-electron chi connectivity index (χ0n) is 17.6. The van der Waals surface area contributed by atoms with Crippen LogP contribution >= 0.6 is 0 Å². The van der Waals surface area contributed by atoms with Crippen LogP contribution in [0.3, 0.4) is 0 Å². The summed E-state index contributed by atoms with van der Waals surface area (Å²) < 4.78 is 32.1. The largest absolute Gasteiger partial charge is 0.452 e. The Bertz CT molecular complexity index is 1020. The third-order valence-corrected chi connectivity index (χ3v) is 5.18. The van der Waals surface area contributed by atoms with Crippen LogP contribution in [0.15, 0.2) is 36.4 Å². The van der Waals surface area contributed by atoms with Gasteiger partial charge in [-0.05, 0) is 42.5 Å². The number of nitro benzene ring substituents is 1. The van der Waals surface area contributed by atoms with Gasteiger partial charge in [0.1, 0.15) is 23.0 Å². The molecule has 0 bridgehead atoms. The van der Waals surface area contributed by atoms with Crippen LogP contribution in [0.1, 0.15) is 30.6 Å². The first kappa shape index (κ1) is 23.1. The molecule has 3 rings (SSSR count). The number of carbonyl (C=O) groups excluding carboxylic acids is 2. The van der Waals surface area contributed by atoms with Gasteiger partial charge < -0.3 is 15.0 Å². The molecule has 2 aromatic rings. The molecule has 8 nitrogen and oxygen atoms in total. The van der Waals surface area contributed by atoms with Gasteiger partial charge in [-0.3, -0.25) is 14.9 Å². The van der Waals surface area contributed by atoms with Gasteiger partial charge in [-0.2, -0.15) is 0 Å². The lowest BCUT2D eigenvalue weighted by molar-refractivity contribution is -0.384. The first-order chi connectivity index (χ1) is 15.2. The molecule has 0 aromatic heterocycles. The Kier molecular flexibility index (Phi) is 7.01. The maximum absolute atomic E-state index is 13.6. The molecule has 170 valence electrons. The summed E-state index contributed by atoms with van der Waals surface area (Å²) in [6.45, 7) is 4.68. The molecule has 0 aliphatic carbocycles. The molecule has 1 saturated heterocycles. The predicted molar refractivity (Wildman–Crippen MR) is 114 cm³/mol. The fourth-order valence-electron chi connectivity index (χ4n) is 3.93. The minimum Gasteiger partial charge on any atom is -0.452 e. The fourth-order valence-corrected chi connectivity index (χ4v) is 3.93. The number of rotatable bonds is 6. The number of nitrogens with one attached hydrogen (secondary N) is 1. The molecular formula is C22H23F2N3O5. The molecule has 1 N–H and O–H groups in total. The molecular weight excluding hydrogens is 424 g/mol. The summed E-state index contributed by atoms with van der Waals surface area (Å²) >= 11 is 0. The molecule has 10 heteroatoms. The van der Waals surface area contributed by atoms with Gasteiger partial charge in [0, 0.05) is 19.2 Å². The summed E-state index contributed by atoms with van der Waals surface area (Å²) in [4.78, 5) is 37.2. The zero-order valence-corrected chi connectivity index (χ0v) is 17.6. The minimum absolute atomic E-state index is 0.108. The van der Waals surface area contributed by atoms with Crippen LogP contribution in [0.4, 0.5) is 25.8 Å². The van der Waals surface area contributed by atoms with E-state index in [2.05, 4.69) is 13.8 Å². The quantitative estimate of drug-likeness (QED) is 0.406. The van der Waals surface area contributed by atoms with Crippen molar-refractivity contribution in [3.05, 3.63) is 63.7 Å². The van der Waals surface area contributed by atoms with E-state index in [0.29, 0.717) is 30.6 Å². The summed E-state index contributed by atoms with van der Waals surface area (Å²) in [5, 5.41) is 13.6. The molecule has 1 aliphatic rings. The molecule has 0 radical (unpaired) electrons. The third kappa shape index (κ3) is 5.37. The zero-order chi connectivity index (χ0) is 23.4. The van der Waals surface area contributed by atoms with Crippen LogP contribution in [-0.2, 0) is 9.53 Å².